The number of amides is 2. The Morgan fingerprint density at radius 1 is 0.976 bits per heavy atom. The minimum Gasteiger partial charge on any atom is -0.493 e. The largest absolute Gasteiger partial charge is 0.493 e. The van der Waals surface area contributed by atoms with Gasteiger partial charge < -0.3 is 35.2 Å². The van der Waals surface area contributed by atoms with E-state index in [4.69, 9.17) is 21.1 Å². The predicted octanol–water partition coefficient (Wildman–Crippen LogP) is 6.00. The van der Waals surface area contributed by atoms with E-state index in [9.17, 15) is 4.79 Å². The van der Waals surface area contributed by atoms with E-state index in [1.54, 1.807) is 19.2 Å². The second kappa shape index (κ2) is 13.7. The molecule has 0 bridgehead atoms. The first-order valence-corrected chi connectivity index (χ1v) is 14.3. The van der Waals surface area contributed by atoms with Gasteiger partial charge in [-0.25, -0.2) is 14.8 Å². The van der Waals surface area contributed by atoms with Crippen molar-refractivity contribution in [3.8, 4) is 11.5 Å². The van der Waals surface area contributed by atoms with Gasteiger partial charge in [-0.2, -0.15) is 0 Å². The smallest absolute Gasteiger partial charge is 0.323 e. The van der Waals surface area contributed by atoms with Crippen LogP contribution >= 0.6 is 11.6 Å². The van der Waals surface area contributed by atoms with Gasteiger partial charge in [-0.15, -0.1) is 0 Å². The fourth-order valence-corrected chi connectivity index (χ4v) is 5.03. The van der Waals surface area contributed by atoms with Gasteiger partial charge >= 0.3 is 6.03 Å². The van der Waals surface area contributed by atoms with Crippen molar-refractivity contribution in [2.24, 2.45) is 0 Å². The van der Waals surface area contributed by atoms with Gasteiger partial charge in [0.2, 0.25) is 0 Å². The number of halogens is 1. The molecule has 0 spiro atoms. The number of rotatable bonds is 10. The molecule has 3 N–H and O–H groups in total. The van der Waals surface area contributed by atoms with E-state index >= 15 is 0 Å². The summed E-state index contributed by atoms with van der Waals surface area (Å²) < 4.78 is 11.8. The molecule has 5 rings (SSSR count). The molecule has 0 unspecified atom stereocenters. The average molecular weight is 590 g/mol. The van der Waals surface area contributed by atoms with Gasteiger partial charge in [0.1, 0.15) is 12.1 Å². The monoisotopic (exact) mass is 589 g/mol. The fourth-order valence-electron chi connectivity index (χ4n) is 4.80. The molecule has 1 saturated heterocycles. The number of aromatic nitrogens is 2. The first-order valence-electron chi connectivity index (χ1n) is 14.0. The summed E-state index contributed by atoms with van der Waals surface area (Å²) in [5.41, 5.74) is 3.60. The molecule has 10 nitrogen and oxygen atoms in total. The van der Waals surface area contributed by atoms with Crippen LogP contribution in [0, 0.1) is 6.92 Å². The Hall–Kier alpha value is -4.12. The van der Waals surface area contributed by atoms with Crippen molar-refractivity contribution < 1.29 is 14.3 Å². The van der Waals surface area contributed by atoms with Crippen molar-refractivity contribution in [1.29, 1.82) is 0 Å². The van der Waals surface area contributed by atoms with Crippen molar-refractivity contribution in [3.63, 3.8) is 0 Å². The van der Waals surface area contributed by atoms with Crippen molar-refractivity contribution in [2.75, 3.05) is 69.4 Å². The summed E-state index contributed by atoms with van der Waals surface area (Å²) in [6, 6.07) is 16.2. The van der Waals surface area contributed by atoms with Crippen LogP contribution in [0.1, 0.15) is 12.0 Å². The zero-order valence-corrected chi connectivity index (χ0v) is 24.9. The summed E-state index contributed by atoms with van der Waals surface area (Å²) in [4.78, 5) is 26.2. The lowest BCUT2D eigenvalue weighted by Gasteiger charge is -2.32. The van der Waals surface area contributed by atoms with E-state index in [1.807, 2.05) is 49.4 Å². The van der Waals surface area contributed by atoms with Crippen LogP contribution in [0.15, 0.2) is 60.9 Å². The van der Waals surface area contributed by atoms with Crippen molar-refractivity contribution in [2.45, 2.75) is 13.3 Å². The quantitative estimate of drug-likeness (QED) is 0.193. The number of para-hydroxylation sites is 1. The Morgan fingerprint density at radius 3 is 2.52 bits per heavy atom. The number of anilines is 4. The fraction of sp³-hybridized carbons (Fsp3) is 0.323. The lowest BCUT2D eigenvalue weighted by atomic mass is 10.2. The highest BCUT2D eigenvalue weighted by molar-refractivity contribution is 6.34. The molecular formula is C31H36ClN7O3. The number of hydrogen-bond acceptors (Lipinski definition) is 8. The van der Waals surface area contributed by atoms with Crippen LogP contribution in [0.25, 0.3) is 10.9 Å². The molecule has 1 aliphatic heterocycles. The highest BCUT2D eigenvalue weighted by Crippen LogP contribution is 2.35. The van der Waals surface area contributed by atoms with Crippen LogP contribution in [-0.4, -0.2) is 79.3 Å². The second-order valence-electron chi connectivity index (χ2n) is 10.3. The Kier molecular flexibility index (Phi) is 9.58. The lowest BCUT2D eigenvalue weighted by molar-refractivity contribution is 0.145. The van der Waals surface area contributed by atoms with Crippen molar-refractivity contribution in [1.82, 2.24) is 19.8 Å². The second-order valence-corrected chi connectivity index (χ2v) is 10.7. The number of ether oxygens (including phenoxy) is 2. The minimum atomic E-state index is -0.377. The summed E-state index contributed by atoms with van der Waals surface area (Å²) in [6.07, 6.45) is 2.43. The maximum Gasteiger partial charge on any atom is 0.323 e. The maximum absolute atomic E-state index is 12.5. The van der Waals surface area contributed by atoms with Gasteiger partial charge in [0, 0.05) is 55.6 Å². The Morgan fingerprint density at radius 2 is 1.76 bits per heavy atom. The first kappa shape index (κ1) is 29.4. The number of fused-ring (bicyclic) bond motifs is 1. The average Bonchev–Trinajstić information content (AvgIpc) is 2.98. The summed E-state index contributed by atoms with van der Waals surface area (Å²) in [6.45, 7) is 7.93. The molecular weight excluding hydrogens is 554 g/mol. The van der Waals surface area contributed by atoms with E-state index in [1.165, 1.54) is 6.33 Å². The van der Waals surface area contributed by atoms with E-state index < -0.39 is 0 Å². The number of methoxy groups -OCH3 is 1. The number of benzene rings is 3. The summed E-state index contributed by atoms with van der Waals surface area (Å²) in [5.74, 6) is 1.85. The Bertz CT molecular complexity index is 1540. The van der Waals surface area contributed by atoms with Gasteiger partial charge in [-0.1, -0.05) is 29.8 Å². The molecule has 3 aromatic carbocycles. The third-order valence-electron chi connectivity index (χ3n) is 7.27. The molecule has 4 aromatic rings. The standard InChI is InChI=1S/C31H36ClN7O3/c1-21-7-4-5-8-25(21)36-31(40)37-26-10-9-22(17-24(26)32)35-30-23-18-28(41-3)29(19-27(23)33-20-34-30)42-16-6-11-39-14-12-38(2)13-15-39/h4-5,7-10,17-20H,6,11-16H2,1-3H3,(H,33,34,35)(H2,36,37,40). The van der Waals surface area contributed by atoms with Crippen LogP contribution in [0.3, 0.4) is 0 Å². The Balaban J connectivity index is 1.23. The van der Waals surface area contributed by atoms with Gasteiger partial charge in [-0.05, 0) is 56.3 Å². The molecule has 0 atom stereocenters. The molecule has 1 fully saturated rings. The molecule has 0 aliphatic carbocycles. The van der Waals surface area contributed by atoms with E-state index in [2.05, 4.69) is 42.8 Å². The highest BCUT2D eigenvalue weighted by atomic mass is 35.5. The third kappa shape index (κ3) is 7.39. The molecule has 1 aromatic heterocycles. The zero-order valence-electron chi connectivity index (χ0n) is 24.1. The number of aryl methyl sites for hydroxylation is 1. The lowest BCUT2D eigenvalue weighted by Crippen LogP contribution is -2.44. The molecule has 220 valence electrons. The van der Waals surface area contributed by atoms with Crippen LogP contribution in [0.2, 0.25) is 5.02 Å². The third-order valence-corrected chi connectivity index (χ3v) is 7.58. The number of hydrogen-bond donors (Lipinski definition) is 3. The van der Waals surface area contributed by atoms with Gasteiger partial charge in [0.05, 0.1) is 29.9 Å². The SMILES string of the molecule is COc1cc2c(Nc3ccc(NC(=O)Nc4ccccc4C)c(Cl)c3)ncnc2cc1OCCCN1CCN(C)CC1. The minimum absolute atomic E-state index is 0.377. The number of piperazine rings is 1. The molecule has 0 saturated carbocycles. The van der Waals surface area contributed by atoms with E-state index in [0.717, 1.165) is 61.3 Å². The normalized spacial score (nSPS) is 14.0. The van der Waals surface area contributed by atoms with E-state index in [-0.39, 0.29) is 6.03 Å². The van der Waals surface area contributed by atoms with E-state index in [0.29, 0.717) is 40.3 Å². The maximum atomic E-state index is 12.5. The van der Waals surface area contributed by atoms with Gasteiger partial charge in [0.15, 0.2) is 11.5 Å². The molecule has 0 radical (unpaired) electrons. The molecule has 2 heterocycles. The van der Waals surface area contributed by atoms with Gasteiger partial charge in [-0.3, -0.25) is 0 Å². The summed E-state index contributed by atoms with van der Waals surface area (Å²) in [5, 5.41) is 10.1. The number of nitrogens with one attached hydrogen (secondary N) is 3. The van der Waals surface area contributed by atoms with Crippen LogP contribution in [0.4, 0.5) is 27.7 Å². The number of urea groups is 1. The first-order chi connectivity index (χ1) is 20.4. The van der Waals surface area contributed by atoms with Crippen molar-refractivity contribution in [3.05, 3.63) is 71.5 Å². The summed E-state index contributed by atoms with van der Waals surface area (Å²) in [7, 11) is 3.78. The topological polar surface area (TPSA) is 104 Å². The Labute approximate surface area is 251 Å². The number of likely N-dealkylation sites (N-methyl/N-ethyl adjacent to an activating group) is 1. The van der Waals surface area contributed by atoms with Crippen molar-refractivity contribution >= 4 is 51.4 Å². The molecule has 11 heteroatoms. The molecule has 1 aliphatic rings. The molecule has 2 amide bonds. The number of carbonyl (C=O) groups is 1. The van der Waals surface area contributed by atoms with Crippen LogP contribution in [0.5, 0.6) is 11.5 Å². The van der Waals surface area contributed by atoms with Gasteiger partial charge in [0.25, 0.3) is 0 Å². The zero-order chi connectivity index (χ0) is 29.5. The molecule has 42 heavy (non-hydrogen) atoms. The number of nitrogens with zero attached hydrogens (tertiary/aromatic N) is 4. The summed E-state index contributed by atoms with van der Waals surface area (Å²) >= 11 is 6.52. The highest BCUT2D eigenvalue weighted by Gasteiger charge is 2.15. The van der Waals surface area contributed by atoms with Crippen LogP contribution < -0.4 is 25.4 Å². The van der Waals surface area contributed by atoms with Crippen LogP contribution in [-0.2, 0) is 0 Å². The predicted molar refractivity (Wildman–Crippen MR) is 169 cm³/mol. The number of carbonyl (C=O) groups excluding carboxylic acids is 1.